The highest BCUT2D eigenvalue weighted by atomic mass is 32.1. The first kappa shape index (κ1) is 11.9. The van der Waals surface area contributed by atoms with Crippen LogP contribution in [0, 0.1) is 6.92 Å². The maximum atomic E-state index is 11.6. The van der Waals surface area contributed by atoms with E-state index >= 15 is 0 Å². The molecule has 0 spiro atoms. The van der Waals surface area contributed by atoms with Crippen LogP contribution >= 0.6 is 12.6 Å². The molecule has 0 saturated carbocycles. The molecule has 2 rings (SSSR count). The molecular formula is C13H13NO2S. The Morgan fingerprint density at radius 3 is 2.24 bits per heavy atom. The van der Waals surface area contributed by atoms with Crippen LogP contribution in [0.3, 0.4) is 0 Å². The molecule has 0 bridgehead atoms. The monoisotopic (exact) mass is 247 g/mol. The van der Waals surface area contributed by atoms with Crippen molar-refractivity contribution in [2.45, 2.75) is 19.1 Å². The summed E-state index contributed by atoms with van der Waals surface area (Å²) >= 11 is 4.35. The molecule has 1 unspecified atom stereocenters. The zero-order valence-corrected chi connectivity index (χ0v) is 10.6. The SMILES string of the molecule is Cc1cc(C(C)S)ccc1N1C(=O)C=CC1=O. The van der Waals surface area contributed by atoms with Crippen LogP contribution in [0.1, 0.15) is 23.3 Å². The van der Waals surface area contributed by atoms with Gasteiger partial charge < -0.3 is 0 Å². The summed E-state index contributed by atoms with van der Waals surface area (Å²) in [4.78, 5) is 24.3. The minimum Gasteiger partial charge on any atom is -0.269 e. The van der Waals surface area contributed by atoms with Crippen LogP contribution < -0.4 is 4.90 Å². The Bertz CT molecular complexity index is 502. The fourth-order valence-electron chi connectivity index (χ4n) is 1.83. The van der Waals surface area contributed by atoms with Crippen LogP contribution in [-0.2, 0) is 9.59 Å². The van der Waals surface area contributed by atoms with Gasteiger partial charge in [0, 0.05) is 17.4 Å². The third-order valence-electron chi connectivity index (χ3n) is 2.75. The Hall–Kier alpha value is -1.55. The fourth-order valence-corrected chi connectivity index (χ4v) is 1.99. The van der Waals surface area contributed by atoms with Crippen molar-refractivity contribution in [2.24, 2.45) is 0 Å². The van der Waals surface area contributed by atoms with Gasteiger partial charge in [0.25, 0.3) is 11.8 Å². The van der Waals surface area contributed by atoms with Crippen molar-refractivity contribution in [3.8, 4) is 0 Å². The van der Waals surface area contributed by atoms with Crippen molar-refractivity contribution in [3.63, 3.8) is 0 Å². The van der Waals surface area contributed by atoms with Gasteiger partial charge in [-0.3, -0.25) is 9.59 Å². The van der Waals surface area contributed by atoms with E-state index in [4.69, 9.17) is 0 Å². The maximum absolute atomic E-state index is 11.6. The normalized spacial score (nSPS) is 16.8. The van der Waals surface area contributed by atoms with Crippen molar-refractivity contribution in [1.29, 1.82) is 0 Å². The smallest absolute Gasteiger partial charge is 0.258 e. The highest BCUT2D eigenvalue weighted by Crippen LogP contribution is 2.28. The van der Waals surface area contributed by atoms with Crippen molar-refractivity contribution in [3.05, 3.63) is 41.5 Å². The van der Waals surface area contributed by atoms with Crippen LogP contribution in [0.5, 0.6) is 0 Å². The summed E-state index contributed by atoms with van der Waals surface area (Å²) in [5, 5.41) is 0.130. The molecule has 1 aliphatic heterocycles. The highest BCUT2D eigenvalue weighted by molar-refractivity contribution is 7.80. The third-order valence-corrected chi connectivity index (χ3v) is 3.05. The first-order valence-corrected chi connectivity index (χ1v) is 5.87. The lowest BCUT2D eigenvalue weighted by atomic mass is 10.1. The first-order valence-electron chi connectivity index (χ1n) is 5.35. The minimum absolute atomic E-state index is 0.130. The van der Waals surface area contributed by atoms with Crippen molar-refractivity contribution < 1.29 is 9.59 Å². The summed E-state index contributed by atoms with van der Waals surface area (Å²) < 4.78 is 0. The molecule has 3 nitrogen and oxygen atoms in total. The molecule has 0 aromatic heterocycles. The average Bonchev–Trinajstić information content (AvgIpc) is 2.59. The molecular weight excluding hydrogens is 234 g/mol. The zero-order chi connectivity index (χ0) is 12.6. The Labute approximate surface area is 106 Å². The number of amides is 2. The molecule has 1 aliphatic rings. The van der Waals surface area contributed by atoms with Gasteiger partial charge >= 0.3 is 0 Å². The zero-order valence-electron chi connectivity index (χ0n) is 9.68. The fraction of sp³-hybridized carbons (Fsp3) is 0.231. The molecule has 1 atom stereocenters. The van der Waals surface area contributed by atoms with Crippen molar-refractivity contribution in [1.82, 2.24) is 0 Å². The first-order chi connectivity index (χ1) is 8.00. The topological polar surface area (TPSA) is 37.4 Å². The van der Waals surface area contributed by atoms with Crippen LogP contribution in [-0.4, -0.2) is 11.8 Å². The summed E-state index contributed by atoms with van der Waals surface area (Å²) in [5.74, 6) is -0.574. The largest absolute Gasteiger partial charge is 0.269 e. The number of anilines is 1. The predicted octanol–water partition coefficient (Wildman–Crippen LogP) is 2.42. The summed E-state index contributed by atoms with van der Waals surface area (Å²) in [6, 6.07) is 5.63. The molecule has 0 N–H and O–H groups in total. The van der Waals surface area contributed by atoms with Gasteiger partial charge in [0.2, 0.25) is 0 Å². The standard InChI is InChI=1S/C13H13NO2S/c1-8-7-10(9(2)17)3-4-11(8)14-12(15)5-6-13(14)16/h3-7,9,17H,1-2H3. The molecule has 0 fully saturated rings. The number of carbonyl (C=O) groups is 2. The second-order valence-corrected chi connectivity index (χ2v) is 4.84. The van der Waals surface area contributed by atoms with Gasteiger partial charge in [0.05, 0.1) is 5.69 Å². The van der Waals surface area contributed by atoms with E-state index in [1.165, 1.54) is 17.1 Å². The van der Waals surface area contributed by atoms with Gasteiger partial charge in [-0.25, -0.2) is 4.90 Å². The van der Waals surface area contributed by atoms with E-state index in [1.54, 1.807) is 6.07 Å². The van der Waals surface area contributed by atoms with E-state index in [1.807, 2.05) is 26.0 Å². The molecule has 17 heavy (non-hydrogen) atoms. The Balaban J connectivity index is 2.41. The number of hydrogen-bond acceptors (Lipinski definition) is 3. The molecule has 2 amide bonds. The Morgan fingerprint density at radius 2 is 1.76 bits per heavy atom. The predicted molar refractivity (Wildman–Crippen MR) is 70.2 cm³/mol. The summed E-state index contributed by atoms with van der Waals surface area (Å²) in [6.45, 7) is 3.86. The van der Waals surface area contributed by atoms with Gasteiger partial charge in [-0.15, -0.1) is 0 Å². The number of nitrogens with zero attached hydrogens (tertiary/aromatic N) is 1. The van der Waals surface area contributed by atoms with Crippen LogP contribution in [0.4, 0.5) is 5.69 Å². The average molecular weight is 247 g/mol. The van der Waals surface area contributed by atoms with E-state index in [-0.39, 0.29) is 17.1 Å². The molecule has 1 heterocycles. The number of aryl methyl sites for hydroxylation is 1. The quantitative estimate of drug-likeness (QED) is 0.643. The van der Waals surface area contributed by atoms with E-state index in [2.05, 4.69) is 12.6 Å². The van der Waals surface area contributed by atoms with Crippen molar-refractivity contribution >= 4 is 30.1 Å². The van der Waals surface area contributed by atoms with Gasteiger partial charge in [-0.2, -0.15) is 12.6 Å². The minimum atomic E-state index is -0.287. The molecule has 0 radical (unpaired) electrons. The van der Waals surface area contributed by atoms with Crippen LogP contribution in [0.2, 0.25) is 0 Å². The number of thiol groups is 1. The van der Waals surface area contributed by atoms with Crippen LogP contribution in [0.15, 0.2) is 30.4 Å². The van der Waals surface area contributed by atoms with Gasteiger partial charge in [-0.05, 0) is 31.0 Å². The summed E-state index contributed by atoms with van der Waals surface area (Å²) in [6.07, 6.45) is 2.58. The maximum Gasteiger partial charge on any atom is 0.258 e. The molecule has 88 valence electrons. The van der Waals surface area contributed by atoms with E-state index in [0.717, 1.165) is 11.1 Å². The van der Waals surface area contributed by atoms with E-state index in [9.17, 15) is 9.59 Å². The molecule has 0 aliphatic carbocycles. The second kappa shape index (κ2) is 4.37. The van der Waals surface area contributed by atoms with E-state index in [0.29, 0.717) is 5.69 Å². The molecule has 4 heteroatoms. The molecule has 0 saturated heterocycles. The lowest BCUT2D eigenvalue weighted by molar-refractivity contribution is -0.119. The van der Waals surface area contributed by atoms with Crippen LogP contribution in [0.25, 0.3) is 0 Å². The number of carbonyl (C=O) groups excluding carboxylic acids is 2. The highest BCUT2D eigenvalue weighted by Gasteiger charge is 2.26. The third kappa shape index (κ3) is 2.13. The van der Waals surface area contributed by atoms with E-state index < -0.39 is 0 Å². The lowest BCUT2D eigenvalue weighted by Gasteiger charge is -2.18. The van der Waals surface area contributed by atoms with Gasteiger partial charge in [0.15, 0.2) is 0 Å². The Morgan fingerprint density at radius 1 is 1.18 bits per heavy atom. The summed E-state index contributed by atoms with van der Waals surface area (Å²) in [7, 11) is 0. The summed E-state index contributed by atoms with van der Waals surface area (Å²) in [5.41, 5.74) is 2.61. The van der Waals surface area contributed by atoms with Gasteiger partial charge in [0.1, 0.15) is 0 Å². The molecule has 1 aromatic rings. The van der Waals surface area contributed by atoms with Gasteiger partial charge in [-0.1, -0.05) is 12.1 Å². The number of benzene rings is 1. The Kier molecular flexibility index (Phi) is 3.07. The number of rotatable bonds is 2. The number of imide groups is 1. The van der Waals surface area contributed by atoms with Crippen molar-refractivity contribution in [2.75, 3.05) is 4.90 Å². The molecule has 1 aromatic carbocycles. The second-order valence-electron chi connectivity index (χ2n) is 4.07. The number of hydrogen-bond donors (Lipinski definition) is 1. The lowest BCUT2D eigenvalue weighted by Crippen LogP contribution is -2.30.